The van der Waals surface area contributed by atoms with Crippen LogP contribution >= 0.6 is 0 Å². The van der Waals surface area contributed by atoms with E-state index in [0.717, 1.165) is 30.5 Å². The maximum atomic E-state index is 11.7. The number of benzene rings is 1. The molecular weight excluding hydrogens is 294 g/mol. The fraction of sp³-hybridized carbons (Fsp3) is 0.556. The summed E-state index contributed by atoms with van der Waals surface area (Å²) in [6.07, 6.45) is 3.71. The fourth-order valence-electron chi connectivity index (χ4n) is 5.48. The molecule has 5 rings (SSSR count). The van der Waals surface area contributed by atoms with Gasteiger partial charge in [-0.3, -0.25) is 4.90 Å². The zero-order chi connectivity index (χ0) is 16.0. The molecule has 3 N–H and O–H groups in total. The molecule has 0 saturated carbocycles. The number of likely N-dealkylation sites (N-methyl/N-ethyl adjacent to an activating group) is 1. The second-order valence-electron chi connectivity index (χ2n) is 7.38. The first kappa shape index (κ1) is 14.0. The van der Waals surface area contributed by atoms with Crippen molar-refractivity contribution in [3.63, 3.8) is 0 Å². The standard InChI is InChI=1S/C18H21NO4/c1-19-7-6-17-14-10-2-3-11(9-20)15(14)23-16(17)12(21)4-5-18(17,22)13(19)8-10/h2-5,12-13,16,20-22H,6-9H2,1H3/t12?,13?,16-,17?,18+/m0/s1. The molecule has 2 aliphatic carbocycles. The Hall–Kier alpha value is -1.40. The van der Waals surface area contributed by atoms with Crippen LogP contribution in [0.2, 0.25) is 0 Å². The summed E-state index contributed by atoms with van der Waals surface area (Å²) in [5, 5.41) is 31.9. The number of aliphatic hydroxyl groups is 3. The van der Waals surface area contributed by atoms with E-state index in [9.17, 15) is 15.3 Å². The van der Waals surface area contributed by atoms with Crippen LogP contribution in [-0.4, -0.2) is 57.7 Å². The van der Waals surface area contributed by atoms with Gasteiger partial charge in [0.2, 0.25) is 0 Å². The van der Waals surface area contributed by atoms with Gasteiger partial charge in [-0.05, 0) is 32.0 Å². The molecule has 5 atom stereocenters. The number of nitrogens with zero attached hydrogens (tertiary/aromatic N) is 1. The van der Waals surface area contributed by atoms with Gasteiger partial charge in [-0.15, -0.1) is 0 Å². The van der Waals surface area contributed by atoms with Crippen LogP contribution in [0.3, 0.4) is 0 Å². The predicted octanol–water partition coefficient (Wildman–Crippen LogP) is 0.0997. The molecule has 3 unspecified atom stereocenters. The highest BCUT2D eigenvalue weighted by atomic mass is 16.5. The second-order valence-corrected chi connectivity index (χ2v) is 7.38. The molecule has 4 aliphatic rings. The molecule has 122 valence electrons. The molecule has 0 amide bonds. The van der Waals surface area contributed by atoms with E-state index < -0.39 is 23.2 Å². The lowest BCUT2D eigenvalue weighted by Crippen LogP contribution is -2.75. The van der Waals surface area contributed by atoms with Gasteiger partial charge in [-0.1, -0.05) is 24.3 Å². The van der Waals surface area contributed by atoms with Crippen LogP contribution in [0.25, 0.3) is 0 Å². The van der Waals surface area contributed by atoms with Gasteiger partial charge in [0, 0.05) is 17.2 Å². The number of likely N-dealkylation sites (tertiary alicyclic amines) is 1. The molecule has 0 aromatic heterocycles. The van der Waals surface area contributed by atoms with E-state index in [1.807, 2.05) is 19.2 Å². The first-order chi connectivity index (χ1) is 11.0. The van der Waals surface area contributed by atoms with Crippen molar-refractivity contribution in [1.82, 2.24) is 4.90 Å². The molecule has 1 aromatic carbocycles. The van der Waals surface area contributed by atoms with Gasteiger partial charge < -0.3 is 20.1 Å². The molecular formula is C18H21NO4. The Kier molecular flexibility index (Phi) is 2.53. The Bertz CT molecular complexity index is 732. The Morgan fingerprint density at radius 2 is 2.22 bits per heavy atom. The summed E-state index contributed by atoms with van der Waals surface area (Å²) in [5.74, 6) is 0.680. The smallest absolute Gasteiger partial charge is 0.141 e. The highest BCUT2D eigenvalue weighted by Gasteiger charge is 2.71. The number of aliphatic hydroxyl groups excluding tert-OH is 2. The van der Waals surface area contributed by atoms with Gasteiger partial charge in [0.1, 0.15) is 23.6 Å². The van der Waals surface area contributed by atoms with Crippen molar-refractivity contribution >= 4 is 0 Å². The van der Waals surface area contributed by atoms with Gasteiger partial charge in [0.15, 0.2) is 0 Å². The summed E-state index contributed by atoms with van der Waals surface area (Å²) < 4.78 is 6.17. The molecule has 0 radical (unpaired) electrons. The first-order valence-corrected chi connectivity index (χ1v) is 8.26. The van der Waals surface area contributed by atoms with Crippen LogP contribution in [0.5, 0.6) is 5.75 Å². The zero-order valence-electron chi connectivity index (χ0n) is 13.1. The van der Waals surface area contributed by atoms with Crippen molar-refractivity contribution in [2.45, 2.75) is 48.7 Å². The molecule has 1 fully saturated rings. The van der Waals surface area contributed by atoms with Crippen molar-refractivity contribution in [3.05, 3.63) is 41.0 Å². The lowest BCUT2D eigenvalue weighted by atomic mass is 9.50. The summed E-state index contributed by atoms with van der Waals surface area (Å²) in [6.45, 7) is 0.756. The molecule has 1 spiro atoms. The van der Waals surface area contributed by atoms with E-state index >= 15 is 0 Å². The first-order valence-electron chi connectivity index (χ1n) is 8.26. The van der Waals surface area contributed by atoms with Crippen molar-refractivity contribution < 1.29 is 20.1 Å². The normalized spacial score (nSPS) is 43.2. The van der Waals surface area contributed by atoms with Crippen molar-refractivity contribution in [1.29, 1.82) is 0 Å². The molecule has 2 aliphatic heterocycles. The summed E-state index contributed by atoms with van der Waals surface area (Å²) in [4.78, 5) is 2.21. The van der Waals surface area contributed by atoms with Gasteiger partial charge in [-0.25, -0.2) is 0 Å². The predicted molar refractivity (Wildman–Crippen MR) is 83.3 cm³/mol. The number of piperidine rings is 1. The topological polar surface area (TPSA) is 73.2 Å². The average molecular weight is 315 g/mol. The summed E-state index contributed by atoms with van der Waals surface area (Å²) >= 11 is 0. The van der Waals surface area contributed by atoms with Crippen LogP contribution in [0, 0.1) is 0 Å². The number of ether oxygens (including phenoxy) is 1. The minimum atomic E-state index is -1.05. The van der Waals surface area contributed by atoms with Crippen LogP contribution < -0.4 is 4.74 Å². The third-order valence-corrected chi connectivity index (χ3v) is 6.56. The minimum Gasteiger partial charge on any atom is -0.486 e. The SMILES string of the molecule is CN1CCC23c4c5ccc(CO)c4O[C@H]2C(O)C=C[C@@]3(O)C1C5. The molecule has 1 aromatic rings. The van der Waals surface area contributed by atoms with E-state index in [-0.39, 0.29) is 12.6 Å². The highest BCUT2D eigenvalue weighted by molar-refractivity contribution is 5.62. The van der Waals surface area contributed by atoms with E-state index in [4.69, 9.17) is 4.74 Å². The van der Waals surface area contributed by atoms with E-state index in [2.05, 4.69) is 4.90 Å². The van der Waals surface area contributed by atoms with Crippen LogP contribution in [0.15, 0.2) is 24.3 Å². The summed E-state index contributed by atoms with van der Waals surface area (Å²) in [7, 11) is 2.05. The number of hydrogen-bond acceptors (Lipinski definition) is 5. The molecule has 5 nitrogen and oxygen atoms in total. The van der Waals surface area contributed by atoms with E-state index in [1.165, 1.54) is 5.56 Å². The lowest BCUT2D eigenvalue weighted by molar-refractivity contribution is -0.151. The largest absolute Gasteiger partial charge is 0.486 e. The van der Waals surface area contributed by atoms with E-state index in [0.29, 0.717) is 5.75 Å². The van der Waals surface area contributed by atoms with Crippen LogP contribution in [0.1, 0.15) is 23.1 Å². The van der Waals surface area contributed by atoms with Crippen molar-refractivity contribution in [2.24, 2.45) is 0 Å². The molecule has 2 heterocycles. The quantitative estimate of drug-likeness (QED) is 0.641. The Balaban J connectivity index is 1.87. The van der Waals surface area contributed by atoms with Gasteiger partial charge in [0.25, 0.3) is 0 Å². The van der Waals surface area contributed by atoms with E-state index in [1.54, 1.807) is 12.2 Å². The second kappa shape index (κ2) is 4.16. The number of hydrogen-bond donors (Lipinski definition) is 3. The fourth-order valence-corrected chi connectivity index (χ4v) is 5.48. The van der Waals surface area contributed by atoms with Crippen molar-refractivity contribution in [2.75, 3.05) is 13.6 Å². The molecule has 1 saturated heterocycles. The average Bonchev–Trinajstić information content (AvgIpc) is 2.90. The highest BCUT2D eigenvalue weighted by Crippen LogP contribution is 2.62. The minimum absolute atomic E-state index is 0.0236. The van der Waals surface area contributed by atoms with Gasteiger partial charge in [-0.2, -0.15) is 0 Å². The maximum Gasteiger partial charge on any atom is 0.141 e. The zero-order valence-corrected chi connectivity index (χ0v) is 13.1. The molecule has 5 heteroatoms. The van der Waals surface area contributed by atoms with Crippen LogP contribution in [0.4, 0.5) is 0 Å². The van der Waals surface area contributed by atoms with Gasteiger partial charge >= 0.3 is 0 Å². The molecule has 23 heavy (non-hydrogen) atoms. The Labute approximate surface area is 134 Å². The number of rotatable bonds is 1. The lowest BCUT2D eigenvalue weighted by Gasteiger charge is -2.61. The Morgan fingerprint density at radius 3 is 3.00 bits per heavy atom. The Morgan fingerprint density at radius 1 is 1.39 bits per heavy atom. The van der Waals surface area contributed by atoms with Crippen LogP contribution in [-0.2, 0) is 18.4 Å². The third kappa shape index (κ3) is 1.35. The third-order valence-electron chi connectivity index (χ3n) is 6.56. The molecule has 2 bridgehead atoms. The van der Waals surface area contributed by atoms with Crippen molar-refractivity contribution in [3.8, 4) is 5.75 Å². The monoisotopic (exact) mass is 315 g/mol. The summed E-state index contributed by atoms with van der Waals surface area (Å²) in [6, 6.07) is 3.93. The maximum absolute atomic E-state index is 11.7. The summed E-state index contributed by atoms with van der Waals surface area (Å²) in [5.41, 5.74) is 1.26. The van der Waals surface area contributed by atoms with Gasteiger partial charge in [0.05, 0.1) is 12.0 Å².